The quantitative estimate of drug-likeness (QED) is 0.606. The number of halogens is 1. The zero-order chi connectivity index (χ0) is 8.97. The number of nitrogens with zero attached hydrogens (tertiary/aromatic N) is 1. The van der Waals surface area contributed by atoms with Crippen LogP contribution in [0.25, 0.3) is 0 Å². The van der Waals surface area contributed by atoms with Crippen molar-refractivity contribution in [3.8, 4) is 0 Å². The molecule has 1 aliphatic heterocycles. The Morgan fingerprint density at radius 2 is 1.92 bits per heavy atom. The fraction of sp³-hybridized carbons (Fsp3) is 0.714. The molecule has 1 aliphatic rings. The third-order valence-corrected chi connectivity index (χ3v) is 1.64. The zero-order valence-corrected chi connectivity index (χ0v) is 8.23. The molecule has 0 bridgehead atoms. The number of nitrogens with one attached hydrogen (secondary N) is 1. The van der Waals surface area contributed by atoms with Crippen molar-refractivity contribution in [3.63, 3.8) is 0 Å². The van der Waals surface area contributed by atoms with Crippen molar-refractivity contribution >= 4 is 24.2 Å². The summed E-state index contributed by atoms with van der Waals surface area (Å²) in [6, 6.07) is 0. The first-order valence-corrected chi connectivity index (χ1v) is 3.81. The number of imide groups is 1. The topological polar surface area (TPSA) is 58.6 Å². The summed E-state index contributed by atoms with van der Waals surface area (Å²) in [7, 11) is 1.77. The number of amides is 2. The van der Waals surface area contributed by atoms with Crippen LogP contribution in [0.3, 0.4) is 0 Å². The van der Waals surface area contributed by atoms with Crippen LogP contribution in [0.4, 0.5) is 0 Å². The molecule has 13 heavy (non-hydrogen) atoms. The van der Waals surface area contributed by atoms with Gasteiger partial charge < -0.3 is 10.1 Å². The Bertz CT molecular complexity index is 182. The van der Waals surface area contributed by atoms with Crippen LogP contribution in [0.15, 0.2) is 0 Å². The Morgan fingerprint density at radius 3 is 2.38 bits per heavy atom. The first kappa shape index (κ1) is 12.3. The molecule has 0 atom stereocenters. The van der Waals surface area contributed by atoms with Gasteiger partial charge in [0.15, 0.2) is 0 Å². The van der Waals surface area contributed by atoms with Gasteiger partial charge in [0.1, 0.15) is 13.2 Å². The predicted octanol–water partition coefficient (Wildman–Crippen LogP) is -0.987. The van der Waals surface area contributed by atoms with E-state index in [9.17, 15) is 9.59 Å². The summed E-state index contributed by atoms with van der Waals surface area (Å²) in [6.45, 7) is 1.10. The van der Waals surface area contributed by atoms with Crippen molar-refractivity contribution in [2.75, 3.05) is 33.4 Å². The lowest BCUT2D eigenvalue weighted by Gasteiger charge is -2.24. The summed E-state index contributed by atoms with van der Waals surface area (Å²) >= 11 is 0. The van der Waals surface area contributed by atoms with Crippen LogP contribution < -0.4 is 5.32 Å². The molecule has 0 aliphatic carbocycles. The molecule has 0 aromatic heterocycles. The highest BCUT2D eigenvalue weighted by molar-refractivity contribution is 5.98. The number of carbonyl (C=O) groups is 2. The molecule has 2 amide bonds. The molecule has 6 heteroatoms. The summed E-state index contributed by atoms with van der Waals surface area (Å²) in [4.78, 5) is 23.3. The van der Waals surface area contributed by atoms with E-state index in [0.29, 0.717) is 13.1 Å². The second kappa shape index (κ2) is 5.90. The highest BCUT2D eigenvalue weighted by Gasteiger charge is 2.25. The van der Waals surface area contributed by atoms with Crippen molar-refractivity contribution < 1.29 is 14.3 Å². The second-order valence-electron chi connectivity index (χ2n) is 2.54. The standard InChI is InChI=1S/C7H12N2O3.ClH/c1-8-2-3-9-6(10)4-12-5-7(9)11;/h8H,2-5H2,1H3;1H. The van der Waals surface area contributed by atoms with Gasteiger partial charge in [-0.2, -0.15) is 0 Å². The maximum Gasteiger partial charge on any atom is 0.255 e. The van der Waals surface area contributed by atoms with Gasteiger partial charge >= 0.3 is 0 Å². The third-order valence-electron chi connectivity index (χ3n) is 1.64. The molecule has 76 valence electrons. The van der Waals surface area contributed by atoms with E-state index in [2.05, 4.69) is 5.32 Å². The van der Waals surface area contributed by atoms with Gasteiger partial charge in [-0.25, -0.2) is 0 Å². The molecule has 1 heterocycles. The smallest absolute Gasteiger partial charge is 0.255 e. The van der Waals surface area contributed by atoms with Gasteiger partial charge in [-0.15, -0.1) is 12.4 Å². The fourth-order valence-electron chi connectivity index (χ4n) is 0.994. The Hall–Kier alpha value is -0.650. The Kier molecular flexibility index (Phi) is 5.61. The lowest BCUT2D eigenvalue weighted by Crippen LogP contribution is -2.48. The summed E-state index contributed by atoms with van der Waals surface area (Å²) < 4.78 is 4.74. The van der Waals surface area contributed by atoms with Crippen molar-refractivity contribution in [1.29, 1.82) is 0 Å². The van der Waals surface area contributed by atoms with E-state index < -0.39 is 0 Å². The van der Waals surface area contributed by atoms with Crippen LogP contribution in [0.1, 0.15) is 0 Å². The van der Waals surface area contributed by atoms with E-state index in [-0.39, 0.29) is 37.4 Å². The third kappa shape index (κ3) is 3.30. The van der Waals surface area contributed by atoms with Gasteiger partial charge in [-0.1, -0.05) is 0 Å². The maximum atomic E-state index is 11.1. The summed E-state index contributed by atoms with van der Waals surface area (Å²) in [5.41, 5.74) is 0. The van der Waals surface area contributed by atoms with Crippen LogP contribution >= 0.6 is 12.4 Å². The van der Waals surface area contributed by atoms with Crippen LogP contribution in [-0.4, -0.2) is 50.1 Å². The molecular weight excluding hydrogens is 196 g/mol. The molecule has 0 aromatic rings. The number of ether oxygens (including phenoxy) is 1. The van der Waals surface area contributed by atoms with E-state index in [1.807, 2.05) is 0 Å². The van der Waals surface area contributed by atoms with Crippen molar-refractivity contribution in [2.45, 2.75) is 0 Å². The average Bonchev–Trinajstić information content (AvgIpc) is 2.04. The Morgan fingerprint density at radius 1 is 1.38 bits per heavy atom. The van der Waals surface area contributed by atoms with Gasteiger partial charge in [-0.05, 0) is 7.05 Å². The molecule has 0 unspecified atom stereocenters. The molecule has 1 N–H and O–H groups in total. The molecular formula is C7H13ClN2O3. The van der Waals surface area contributed by atoms with E-state index >= 15 is 0 Å². The van der Waals surface area contributed by atoms with Crippen LogP contribution in [-0.2, 0) is 14.3 Å². The minimum Gasteiger partial charge on any atom is -0.362 e. The SMILES string of the molecule is CNCCN1C(=O)COCC1=O.Cl. The van der Waals surface area contributed by atoms with Gasteiger partial charge in [-0.3, -0.25) is 14.5 Å². The number of likely N-dealkylation sites (N-methyl/N-ethyl adjacent to an activating group) is 1. The predicted molar refractivity (Wildman–Crippen MR) is 48.7 cm³/mol. The van der Waals surface area contributed by atoms with E-state index in [1.165, 1.54) is 4.90 Å². The largest absolute Gasteiger partial charge is 0.362 e. The molecule has 1 rings (SSSR count). The van der Waals surface area contributed by atoms with Crippen molar-refractivity contribution in [2.24, 2.45) is 0 Å². The van der Waals surface area contributed by atoms with E-state index in [4.69, 9.17) is 4.74 Å². The number of hydrogen-bond acceptors (Lipinski definition) is 4. The highest BCUT2D eigenvalue weighted by Crippen LogP contribution is 1.99. The van der Waals surface area contributed by atoms with Gasteiger partial charge in [0.2, 0.25) is 0 Å². The summed E-state index contributed by atoms with van der Waals surface area (Å²) in [5, 5.41) is 2.87. The normalized spacial score (nSPS) is 17.2. The first-order valence-electron chi connectivity index (χ1n) is 3.81. The molecule has 0 saturated carbocycles. The molecule has 0 aromatic carbocycles. The van der Waals surface area contributed by atoms with E-state index in [0.717, 1.165) is 0 Å². The van der Waals surface area contributed by atoms with Gasteiger partial charge in [0.05, 0.1) is 0 Å². The monoisotopic (exact) mass is 208 g/mol. The van der Waals surface area contributed by atoms with Crippen molar-refractivity contribution in [1.82, 2.24) is 10.2 Å². The fourth-order valence-corrected chi connectivity index (χ4v) is 0.994. The molecule has 0 spiro atoms. The van der Waals surface area contributed by atoms with Crippen LogP contribution in [0.2, 0.25) is 0 Å². The maximum absolute atomic E-state index is 11.1. The molecule has 1 fully saturated rings. The Labute approximate surface area is 82.8 Å². The van der Waals surface area contributed by atoms with E-state index in [1.54, 1.807) is 7.05 Å². The number of morpholine rings is 1. The lowest BCUT2D eigenvalue weighted by atomic mass is 10.4. The minimum atomic E-state index is -0.249. The van der Waals surface area contributed by atoms with Crippen LogP contribution in [0, 0.1) is 0 Å². The number of hydrogen-bond donors (Lipinski definition) is 1. The van der Waals surface area contributed by atoms with Gasteiger partial charge in [0.25, 0.3) is 11.8 Å². The summed E-state index contributed by atoms with van der Waals surface area (Å²) in [5.74, 6) is -0.497. The number of rotatable bonds is 3. The molecule has 5 nitrogen and oxygen atoms in total. The zero-order valence-electron chi connectivity index (χ0n) is 7.41. The molecule has 0 radical (unpaired) electrons. The number of carbonyl (C=O) groups excluding carboxylic acids is 2. The lowest BCUT2D eigenvalue weighted by molar-refractivity contribution is -0.158. The van der Waals surface area contributed by atoms with Crippen LogP contribution in [0.5, 0.6) is 0 Å². The van der Waals surface area contributed by atoms with Gasteiger partial charge in [0, 0.05) is 13.1 Å². The molecule has 1 saturated heterocycles. The first-order chi connectivity index (χ1) is 5.75. The highest BCUT2D eigenvalue weighted by atomic mass is 35.5. The Balaban J connectivity index is 0.00000144. The average molecular weight is 209 g/mol. The minimum absolute atomic E-state index is 0. The van der Waals surface area contributed by atoms with Crippen molar-refractivity contribution in [3.05, 3.63) is 0 Å². The second-order valence-corrected chi connectivity index (χ2v) is 2.54. The summed E-state index contributed by atoms with van der Waals surface area (Å²) in [6.07, 6.45) is 0.